The number of hydrogen-bond donors (Lipinski definition) is 3. The number of halogens is 1. The van der Waals surface area contributed by atoms with Gasteiger partial charge in [-0.3, -0.25) is 14.4 Å². The number of rotatable bonds is 7. The molecule has 0 atom stereocenters. The van der Waals surface area contributed by atoms with Crippen molar-refractivity contribution < 1.29 is 14.4 Å². The third kappa shape index (κ3) is 6.23. The lowest BCUT2D eigenvalue weighted by Gasteiger charge is -2.09. The molecule has 9 heteroatoms. The van der Waals surface area contributed by atoms with Crippen LogP contribution >= 0.6 is 27.3 Å². The fourth-order valence-corrected chi connectivity index (χ4v) is 3.26. The first-order valence-electron chi connectivity index (χ1n) is 8.66. The second-order valence-corrected chi connectivity index (χ2v) is 7.79. The van der Waals surface area contributed by atoms with Crippen LogP contribution < -0.4 is 16.0 Å². The van der Waals surface area contributed by atoms with Crippen LogP contribution in [0.25, 0.3) is 0 Å². The van der Waals surface area contributed by atoms with Crippen LogP contribution in [0.5, 0.6) is 0 Å². The molecule has 0 aliphatic rings. The summed E-state index contributed by atoms with van der Waals surface area (Å²) in [6.45, 7) is 0.220. The normalized spacial score (nSPS) is 10.2. The van der Waals surface area contributed by atoms with Crippen molar-refractivity contribution in [3.8, 4) is 0 Å². The van der Waals surface area contributed by atoms with Crippen LogP contribution in [0.15, 0.2) is 64.6 Å². The zero-order chi connectivity index (χ0) is 20.6. The zero-order valence-electron chi connectivity index (χ0n) is 15.1. The Morgan fingerprint density at radius 1 is 1.00 bits per heavy atom. The predicted molar refractivity (Wildman–Crippen MR) is 116 cm³/mol. The number of anilines is 2. The Bertz CT molecular complexity index is 1010. The smallest absolute Gasteiger partial charge is 0.261 e. The largest absolute Gasteiger partial charge is 0.351 e. The van der Waals surface area contributed by atoms with Crippen molar-refractivity contribution in [1.82, 2.24) is 10.3 Å². The lowest BCUT2D eigenvalue weighted by molar-refractivity contribution is -0.116. The average Bonchev–Trinajstić information content (AvgIpc) is 3.25. The van der Waals surface area contributed by atoms with Gasteiger partial charge in [0.05, 0.1) is 4.88 Å². The number of nitrogens with one attached hydrogen (secondary N) is 3. The summed E-state index contributed by atoms with van der Waals surface area (Å²) in [4.78, 5) is 41.0. The van der Waals surface area contributed by atoms with Crippen molar-refractivity contribution in [2.75, 3.05) is 17.2 Å². The minimum absolute atomic E-state index is 0.121. The summed E-state index contributed by atoms with van der Waals surface area (Å²) in [6.07, 6.45) is 1.71. The van der Waals surface area contributed by atoms with E-state index in [9.17, 15) is 14.4 Å². The van der Waals surface area contributed by atoms with Crippen LogP contribution in [0.1, 0.15) is 26.5 Å². The number of amides is 3. The van der Waals surface area contributed by atoms with Gasteiger partial charge >= 0.3 is 0 Å². The fraction of sp³-hybridized carbons (Fsp3) is 0.100. The highest BCUT2D eigenvalue weighted by molar-refractivity contribution is 9.10. The van der Waals surface area contributed by atoms with E-state index < -0.39 is 0 Å². The summed E-state index contributed by atoms with van der Waals surface area (Å²) in [6, 6.07) is 13.6. The van der Waals surface area contributed by atoms with Crippen LogP contribution in [0.4, 0.5) is 11.5 Å². The van der Waals surface area contributed by atoms with E-state index in [4.69, 9.17) is 0 Å². The molecule has 1 aromatic carbocycles. The Kier molecular flexibility index (Phi) is 7.09. The first-order chi connectivity index (χ1) is 14.0. The van der Waals surface area contributed by atoms with Crippen molar-refractivity contribution in [2.45, 2.75) is 6.42 Å². The molecule has 0 unspecified atom stereocenters. The molecule has 7 nitrogen and oxygen atoms in total. The summed E-state index contributed by atoms with van der Waals surface area (Å²) in [5.41, 5.74) is 0.884. The summed E-state index contributed by atoms with van der Waals surface area (Å²) in [5, 5.41) is 9.94. The predicted octanol–water partition coefficient (Wildman–Crippen LogP) is 3.92. The van der Waals surface area contributed by atoms with Gasteiger partial charge in [0.1, 0.15) is 5.82 Å². The topological polar surface area (TPSA) is 100 Å². The van der Waals surface area contributed by atoms with Crippen molar-refractivity contribution >= 4 is 56.5 Å². The molecule has 0 saturated heterocycles. The molecule has 0 fully saturated rings. The second-order valence-electron chi connectivity index (χ2n) is 5.93. The highest BCUT2D eigenvalue weighted by atomic mass is 79.9. The summed E-state index contributed by atoms with van der Waals surface area (Å²) >= 11 is 4.63. The van der Waals surface area contributed by atoms with Gasteiger partial charge in [0, 0.05) is 34.9 Å². The Morgan fingerprint density at radius 3 is 2.59 bits per heavy atom. The van der Waals surface area contributed by atoms with Crippen molar-refractivity contribution in [2.24, 2.45) is 0 Å². The van der Waals surface area contributed by atoms with Gasteiger partial charge in [-0.05, 0) is 57.7 Å². The van der Waals surface area contributed by atoms with E-state index in [0.717, 1.165) is 4.47 Å². The van der Waals surface area contributed by atoms with Crippen LogP contribution in [-0.4, -0.2) is 29.3 Å². The molecule has 0 saturated carbocycles. The fourth-order valence-electron chi connectivity index (χ4n) is 2.38. The molecule has 148 valence electrons. The number of carbonyl (C=O) groups is 3. The SMILES string of the molecule is O=C(CCNC(=O)c1cccs1)Nc1cccc(C(=O)Nc2ccc(Br)cn2)c1. The highest BCUT2D eigenvalue weighted by Crippen LogP contribution is 2.15. The molecule has 3 rings (SSSR count). The molecule has 29 heavy (non-hydrogen) atoms. The molecule has 3 aromatic rings. The van der Waals surface area contributed by atoms with E-state index in [1.165, 1.54) is 11.3 Å². The number of benzene rings is 1. The second kappa shape index (κ2) is 9.94. The van der Waals surface area contributed by atoms with E-state index in [0.29, 0.717) is 21.9 Å². The Hall–Kier alpha value is -3.04. The third-order valence-corrected chi connectivity index (χ3v) is 5.10. The first-order valence-corrected chi connectivity index (χ1v) is 10.3. The zero-order valence-corrected chi connectivity index (χ0v) is 17.5. The van der Waals surface area contributed by atoms with E-state index in [-0.39, 0.29) is 30.7 Å². The standard InChI is InChI=1S/C20H17BrN4O3S/c21-14-6-7-17(23-12-14)25-19(27)13-3-1-4-15(11-13)24-18(26)8-9-22-20(28)16-5-2-10-29-16/h1-7,10-12H,8-9H2,(H,22,28)(H,24,26)(H,23,25,27). The number of pyridine rings is 1. The van der Waals surface area contributed by atoms with Gasteiger partial charge in [0.25, 0.3) is 11.8 Å². The van der Waals surface area contributed by atoms with Crippen molar-refractivity contribution in [3.05, 3.63) is 75.0 Å². The maximum atomic E-state index is 12.4. The first kappa shape index (κ1) is 20.7. The van der Waals surface area contributed by atoms with E-state index in [2.05, 4.69) is 36.9 Å². The number of thiophene rings is 1. The molecule has 0 aliphatic carbocycles. The van der Waals surface area contributed by atoms with Crippen LogP contribution in [0, 0.1) is 0 Å². The Labute approximate surface area is 179 Å². The summed E-state index contributed by atoms with van der Waals surface area (Å²) < 4.78 is 0.812. The quantitative estimate of drug-likeness (QED) is 0.485. The molecule has 0 bridgehead atoms. The molecule has 2 aromatic heterocycles. The third-order valence-electron chi connectivity index (χ3n) is 3.76. The molecule has 2 heterocycles. The van der Waals surface area contributed by atoms with Crippen LogP contribution in [0.3, 0.4) is 0 Å². The monoisotopic (exact) mass is 472 g/mol. The van der Waals surface area contributed by atoms with Crippen LogP contribution in [0.2, 0.25) is 0 Å². The average molecular weight is 473 g/mol. The molecule has 3 N–H and O–H groups in total. The van der Waals surface area contributed by atoms with E-state index >= 15 is 0 Å². The minimum Gasteiger partial charge on any atom is -0.351 e. The maximum absolute atomic E-state index is 12.4. The molecule has 3 amide bonds. The molecule has 0 aliphatic heterocycles. The van der Waals surface area contributed by atoms with Crippen molar-refractivity contribution in [1.29, 1.82) is 0 Å². The van der Waals surface area contributed by atoms with Gasteiger partial charge < -0.3 is 16.0 Å². The number of carbonyl (C=O) groups excluding carboxylic acids is 3. The lowest BCUT2D eigenvalue weighted by atomic mass is 10.2. The summed E-state index contributed by atoms with van der Waals surface area (Å²) in [5.74, 6) is -0.370. The van der Waals surface area contributed by atoms with E-state index in [1.54, 1.807) is 54.7 Å². The van der Waals surface area contributed by atoms with Gasteiger partial charge in [-0.2, -0.15) is 0 Å². The van der Waals surface area contributed by atoms with Crippen molar-refractivity contribution in [3.63, 3.8) is 0 Å². The van der Waals surface area contributed by atoms with Gasteiger partial charge in [-0.1, -0.05) is 12.1 Å². The van der Waals surface area contributed by atoms with Gasteiger partial charge in [0.2, 0.25) is 5.91 Å². The Balaban J connectivity index is 1.50. The molecule has 0 spiro atoms. The number of hydrogen-bond acceptors (Lipinski definition) is 5. The summed E-state index contributed by atoms with van der Waals surface area (Å²) in [7, 11) is 0. The Morgan fingerprint density at radius 2 is 1.86 bits per heavy atom. The number of aromatic nitrogens is 1. The highest BCUT2D eigenvalue weighted by Gasteiger charge is 2.10. The van der Waals surface area contributed by atoms with Gasteiger partial charge in [-0.15, -0.1) is 11.3 Å². The van der Waals surface area contributed by atoms with Gasteiger partial charge in [-0.25, -0.2) is 4.98 Å². The molecular formula is C20H17BrN4O3S. The van der Waals surface area contributed by atoms with E-state index in [1.807, 2.05) is 5.38 Å². The number of nitrogens with zero attached hydrogens (tertiary/aromatic N) is 1. The lowest BCUT2D eigenvalue weighted by Crippen LogP contribution is -2.27. The molecule has 0 radical (unpaired) electrons. The maximum Gasteiger partial charge on any atom is 0.261 e. The van der Waals surface area contributed by atoms with Crippen LogP contribution in [-0.2, 0) is 4.79 Å². The van der Waals surface area contributed by atoms with Gasteiger partial charge in [0.15, 0.2) is 0 Å². The molecular weight excluding hydrogens is 456 g/mol. The minimum atomic E-state index is -0.334.